The normalized spacial score (nSPS) is 10.6. The number of nitrogens with one attached hydrogen (secondary N) is 2. The van der Waals surface area contributed by atoms with Crippen LogP contribution in [0.1, 0.15) is 18.3 Å². The SMILES string of the molecule is C=CCn1c(CC(=O)Nc2ccc(OCC)cc2)nnc1SCC(=O)Nc1ccc(C)c(Cl)c1. The highest BCUT2D eigenvalue weighted by Gasteiger charge is 2.16. The van der Waals surface area contributed by atoms with E-state index in [4.69, 9.17) is 16.3 Å². The lowest BCUT2D eigenvalue weighted by atomic mass is 10.2. The van der Waals surface area contributed by atoms with Gasteiger partial charge in [0.25, 0.3) is 0 Å². The average Bonchev–Trinajstić information content (AvgIpc) is 3.17. The van der Waals surface area contributed by atoms with E-state index in [1.54, 1.807) is 47.0 Å². The summed E-state index contributed by atoms with van der Waals surface area (Å²) in [6, 6.07) is 12.5. The van der Waals surface area contributed by atoms with E-state index in [-0.39, 0.29) is 24.0 Å². The van der Waals surface area contributed by atoms with Crippen molar-refractivity contribution in [3.63, 3.8) is 0 Å². The van der Waals surface area contributed by atoms with Crippen molar-refractivity contribution in [1.29, 1.82) is 0 Å². The molecule has 0 fully saturated rings. The highest BCUT2D eigenvalue weighted by molar-refractivity contribution is 7.99. The summed E-state index contributed by atoms with van der Waals surface area (Å²) >= 11 is 7.35. The van der Waals surface area contributed by atoms with Gasteiger partial charge in [-0.05, 0) is 55.8 Å². The van der Waals surface area contributed by atoms with E-state index >= 15 is 0 Å². The zero-order valence-electron chi connectivity index (χ0n) is 19.0. The Morgan fingerprint density at radius 1 is 1.12 bits per heavy atom. The fourth-order valence-electron chi connectivity index (χ4n) is 3.02. The summed E-state index contributed by atoms with van der Waals surface area (Å²) in [4.78, 5) is 24.9. The van der Waals surface area contributed by atoms with Crippen LogP contribution in [-0.4, -0.2) is 38.9 Å². The molecule has 0 spiro atoms. The van der Waals surface area contributed by atoms with Crippen molar-refractivity contribution in [1.82, 2.24) is 14.8 Å². The molecule has 1 heterocycles. The molecule has 10 heteroatoms. The summed E-state index contributed by atoms with van der Waals surface area (Å²) < 4.78 is 7.18. The third-order valence-corrected chi connectivity index (χ3v) is 6.03. The van der Waals surface area contributed by atoms with E-state index in [1.807, 2.05) is 19.9 Å². The number of anilines is 2. The van der Waals surface area contributed by atoms with E-state index in [0.717, 1.165) is 11.3 Å². The summed E-state index contributed by atoms with van der Waals surface area (Å²) in [5.74, 6) is 0.915. The molecule has 0 aliphatic rings. The minimum Gasteiger partial charge on any atom is -0.494 e. The van der Waals surface area contributed by atoms with Gasteiger partial charge in [-0.1, -0.05) is 35.5 Å². The molecule has 2 aromatic carbocycles. The Kier molecular flexibility index (Phi) is 9.12. The van der Waals surface area contributed by atoms with Gasteiger partial charge in [0.15, 0.2) is 5.16 Å². The number of nitrogens with zero attached hydrogens (tertiary/aromatic N) is 3. The number of benzene rings is 2. The zero-order chi connectivity index (χ0) is 24.5. The molecule has 2 amide bonds. The molecule has 0 atom stereocenters. The molecule has 0 aliphatic heterocycles. The molecule has 0 saturated carbocycles. The van der Waals surface area contributed by atoms with Crippen LogP contribution in [0.3, 0.4) is 0 Å². The molecule has 0 bridgehead atoms. The second-order valence-corrected chi connectivity index (χ2v) is 8.63. The largest absolute Gasteiger partial charge is 0.494 e. The summed E-state index contributed by atoms with van der Waals surface area (Å²) in [5, 5.41) is 15.1. The molecule has 3 rings (SSSR count). The third-order valence-electron chi connectivity index (χ3n) is 4.66. The quantitative estimate of drug-likeness (QED) is 0.292. The minimum absolute atomic E-state index is 0.0304. The Balaban J connectivity index is 1.59. The van der Waals surface area contributed by atoms with Crippen LogP contribution in [0.4, 0.5) is 11.4 Å². The first kappa shape index (κ1) is 25.3. The number of ether oxygens (including phenoxy) is 1. The van der Waals surface area contributed by atoms with Crippen molar-refractivity contribution in [2.24, 2.45) is 0 Å². The molecule has 2 N–H and O–H groups in total. The Labute approximate surface area is 207 Å². The molecule has 0 radical (unpaired) electrons. The summed E-state index contributed by atoms with van der Waals surface area (Å²) in [7, 11) is 0. The lowest BCUT2D eigenvalue weighted by Crippen LogP contribution is -2.18. The minimum atomic E-state index is -0.229. The highest BCUT2D eigenvalue weighted by atomic mass is 35.5. The van der Waals surface area contributed by atoms with Gasteiger partial charge in [-0.2, -0.15) is 0 Å². The number of hydrogen-bond donors (Lipinski definition) is 2. The van der Waals surface area contributed by atoms with Gasteiger partial charge in [-0.15, -0.1) is 16.8 Å². The van der Waals surface area contributed by atoms with E-state index < -0.39 is 0 Å². The lowest BCUT2D eigenvalue weighted by molar-refractivity contribution is -0.116. The zero-order valence-corrected chi connectivity index (χ0v) is 20.6. The maximum absolute atomic E-state index is 12.5. The smallest absolute Gasteiger partial charge is 0.234 e. The molecule has 3 aromatic rings. The molecule has 0 unspecified atom stereocenters. The highest BCUT2D eigenvalue weighted by Crippen LogP contribution is 2.22. The van der Waals surface area contributed by atoms with Crippen molar-refractivity contribution < 1.29 is 14.3 Å². The van der Waals surface area contributed by atoms with Gasteiger partial charge in [-0.3, -0.25) is 9.59 Å². The lowest BCUT2D eigenvalue weighted by Gasteiger charge is -2.09. The second kappa shape index (κ2) is 12.2. The molecule has 178 valence electrons. The molecular formula is C24H26ClN5O3S. The number of carbonyl (C=O) groups excluding carboxylic acids is 2. The van der Waals surface area contributed by atoms with E-state index in [2.05, 4.69) is 27.4 Å². The van der Waals surface area contributed by atoms with Crippen LogP contribution in [0, 0.1) is 6.92 Å². The van der Waals surface area contributed by atoms with Gasteiger partial charge in [-0.25, -0.2) is 0 Å². The Morgan fingerprint density at radius 2 is 1.82 bits per heavy atom. The van der Waals surface area contributed by atoms with Crippen molar-refractivity contribution in [3.8, 4) is 5.75 Å². The van der Waals surface area contributed by atoms with Crippen LogP contribution in [0.2, 0.25) is 5.02 Å². The molecular weight excluding hydrogens is 474 g/mol. The number of halogens is 1. The van der Waals surface area contributed by atoms with Crippen LogP contribution in [0.5, 0.6) is 5.75 Å². The number of thioether (sulfide) groups is 1. The molecule has 8 nitrogen and oxygen atoms in total. The van der Waals surface area contributed by atoms with Crippen molar-refractivity contribution in [3.05, 3.63) is 71.5 Å². The van der Waals surface area contributed by atoms with Gasteiger partial charge in [0.1, 0.15) is 11.6 Å². The van der Waals surface area contributed by atoms with Crippen molar-refractivity contribution in [2.75, 3.05) is 23.0 Å². The summed E-state index contributed by atoms with van der Waals surface area (Å²) in [5.41, 5.74) is 2.22. The van der Waals surface area contributed by atoms with Crippen molar-refractivity contribution in [2.45, 2.75) is 32.0 Å². The first-order chi connectivity index (χ1) is 16.4. The third kappa shape index (κ3) is 7.10. The Hall–Kier alpha value is -3.30. The van der Waals surface area contributed by atoms with Crippen LogP contribution in [-0.2, 0) is 22.6 Å². The van der Waals surface area contributed by atoms with E-state index in [9.17, 15) is 9.59 Å². The van der Waals surface area contributed by atoms with Crippen LogP contribution >= 0.6 is 23.4 Å². The first-order valence-electron chi connectivity index (χ1n) is 10.6. The van der Waals surface area contributed by atoms with Crippen LogP contribution in [0.15, 0.2) is 60.3 Å². The predicted octanol–water partition coefficient (Wildman–Crippen LogP) is 4.74. The van der Waals surface area contributed by atoms with Gasteiger partial charge < -0.3 is 19.9 Å². The standard InChI is InChI=1S/C24H26ClN5O3S/c1-4-12-30-21(14-22(31)26-17-8-10-19(11-9-17)33-5-2)28-29-24(30)34-15-23(32)27-18-7-6-16(3)20(25)13-18/h4,6-11,13H,1,5,12,14-15H2,2-3H3,(H,26,31)(H,27,32). The van der Waals surface area contributed by atoms with E-state index in [1.165, 1.54) is 11.8 Å². The second-order valence-electron chi connectivity index (χ2n) is 7.28. The predicted molar refractivity (Wildman–Crippen MR) is 136 cm³/mol. The molecule has 34 heavy (non-hydrogen) atoms. The summed E-state index contributed by atoms with van der Waals surface area (Å²) in [6.07, 6.45) is 1.72. The number of aromatic nitrogens is 3. The Bertz CT molecular complexity index is 1160. The topological polar surface area (TPSA) is 98.1 Å². The number of hydrogen-bond acceptors (Lipinski definition) is 6. The number of carbonyl (C=O) groups is 2. The molecule has 0 saturated heterocycles. The average molecular weight is 500 g/mol. The molecule has 1 aromatic heterocycles. The molecule has 0 aliphatic carbocycles. The maximum Gasteiger partial charge on any atom is 0.234 e. The number of aryl methyl sites for hydroxylation is 1. The van der Waals surface area contributed by atoms with Gasteiger partial charge in [0, 0.05) is 22.9 Å². The summed E-state index contributed by atoms with van der Waals surface area (Å²) in [6.45, 7) is 8.56. The maximum atomic E-state index is 12.5. The van der Waals surface area contributed by atoms with Crippen molar-refractivity contribution >= 4 is 46.6 Å². The van der Waals surface area contributed by atoms with Crippen LogP contribution < -0.4 is 15.4 Å². The fraction of sp³-hybridized carbons (Fsp3) is 0.250. The monoisotopic (exact) mass is 499 g/mol. The van der Waals surface area contributed by atoms with Gasteiger partial charge >= 0.3 is 0 Å². The number of allylic oxidation sites excluding steroid dienone is 1. The Morgan fingerprint density at radius 3 is 2.50 bits per heavy atom. The van der Waals surface area contributed by atoms with Gasteiger partial charge in [0.05, 0.1) is 18.8 Å². The fourth-order valence-corrected chi connectivity index (χ4v) is 3.96. The first-order valence-corrected chi connectivity index (χ1v) is 12.0. The van der Waals surface area contributed by atoms with E-state index in [0.29, 0.717) is 40.5 Å². The van der Waals surface area contributed by atoms with Crippen LogP contribution in [0.25, 0.3) is 0 Å². The number of amides is 2. The van der Waals surface area contributed by atoms with Gasteiger partial charge in [0.2, 0.25) is 11.8 Å². The number of rotatable bonds is 11.